The first-order chi connectivity index (χ1) is 15.8. The van der Waals surface area contributed by atoms with Crippen molar-refractivity contribution >= 4 is 32.7 Å². The summed E-state index contributed by atoms with van der Waals surface area (Å²) in [5.74, 6) is -0.653. The van der Waals surface area contributed by atoms with E-state index in [1.54, 1.807) is 13.8 Å². The van der Waals surface area contributed by atoms with Gasteiger partial charge in [-0.15, -0.1) is 0 Å². The van der Waals surface area contributed by atoms with Gasteiger partial charge < -0.3 is 15.6 Å². The Hall–Kier alpha value is -2.72. The molecule has 2 aromatic rings. The summed E-state index contributed by atoms with van der Waals surface area (Å²) in [5.41, 5.74) is -0.0405. The summed E-state index contributed by atoms with van der Waals surface area (Å²) in [4.78, 5) is 39.8. The molecule has 3 rings (SSSR count). The van der Waals surface area contributed by atoms with E-state index in [0.29, 0.717) is 24.0 Å². The Kier molecular flexibility index (Phi) is 8.25. The number of fused-ring (bicyclic) bond motifs is 1. The van der Waals surface area contributed by atoms with Crippen LogP contribution in [0.5, 0.6) is 0 Å². The van der Waals surface area contributed by atoms with Gasteiger partial charge in [-0.05, 0) is 31.0 Å². The average Bonchev–Trinajstić information content (AvgIpc) is 2.79. The van der Waals surface area contributed by atoms with Gasteiger partial charge in [0.2, 0.25) is 21.5 Å². The normalized spacial score (nSPS) is 15.0. The topological polar surface area (TPSA) is 128 Å². The quantitative estimate of drug-likeness (QED) is 0.511. The molecule has 1 saturated carbocycles. The van der Waals surface area contributed by atoms with Gasteiger partial charge in [0, 0.05) is 49.1 Å². The highest BCUT2D eigenvalue weighted by Gasteiger charge is 2.23. The van der Waals surface area contributed by atoms with E-state index in [1.807, 2.05) is 0 Å². The maximum atomic E-state index is 12.9. The van der Waals surface area contributed by atoms with Crippen LogP contribution < -0.4 is 16.2 Å². The maximum absolute atomic E-state index is 12.9. The molecule has 0 bridgehead atoms. The lowest BCUT2D eigenvalue weighted by molar-refractivity contribution is -0.121. The van der Waals surface area contributed by atoms with Crippen molar-refractivity contribution in [2.24, 2.45) is 0 Å². The monoisotopic (exact) mass is 476 g/mol. The zero-order valence-corrected chi connectivity index (χ0v) is 20.0. The van der Waals surface area contributed by atoms with Gasteiger partial charge in [-0.1, -0.05) is 33.1 Å². The third-order valence-electron chi connectivity index (χ3n) is 6.01. The molecule has 0 unspecified atom stereocenters. The minimum absolute atomic E-state index is 0.0478. The third kappa shape index (κ3) is 6.00. The molecular formula is C23H32N4O5S. The molecule has 0 saturated heterocycles. The predicted molar refractivity (Wildman–Crippen MR) is 127 cm³/mol. The molecular weight excluding hydrogens is 444 g/mol. The molecule has 1 heterocycles. The molecule has 0 radical (unpaired) electrons. The van der Waals surface area contributed by atoms with Crippen LogP contribution in [0.15, 0.2) is 34.0 Å². The Morgan fingerprint density at radius 1 is 1.09 bits per heavy atom. The number of amides is 2. The van der Waals surface area contributed by atoms with E-state index in [1.165, 1.54) is 28.9 Å². The second-order valence-electron chi connectivity index (χ2n) is 8.25. The minimum atomic E-state index is -3.73. The number of rotatable bonds is 9. The average molecular weight is 477 g/mol. The van der Waals surface area contributed by atoms with Crippen LogP contribution in [0.25, 0.3) is 10.9 Å². The zero-order valence-electron chi connectivity index (χ0n) is 19.1. The number of H-pyrrole nitrogens is 1. The van der Waals surface area contributed by atoms with E-state index in [2.05, 4.69) is 15.6 Å². The van der Waals surface area contributed by atoms with Crippen molar-refractivity contribution in [3.63, 3.8) is 0 Å². The van der Waals surface area contributed by atoms with Gasteiger partial charge in [0.1, 0.15) is 0 Å². The van der Waals surface area contributed by atoms with Crippen molar-refractivity contribution in [1.29, 1.82) is 0 Å². The third-order valence-corrected chi connectivity index (χ3v) is 8.06. The summed E-state index contributed by atoms with van der Waals surface area (Å²) in [5, 5.41) is 6.00. The highest BCUT2D eigenvalue weighted by Crippen LogP contribution is 2.23. The second-order valence-corrected chi connectivity index (χ2v) is 10.2. The maximum Gasteiger partial charge on any atom is 0.252 e. The number of hydrogen-bond donors (Lipinski definition) is 3. The number of aromatic amines is 1. The van der Waals surface area contributed by atoms with Crippen LogP contribution >= 0.6 is 0 Å². The number of nitrogens with one attached hydrogen (secondary N) is 3. The molecule has 2 amide bonds. The Bertz CT molecular complexity index is 1170. The molecule has 0 atom stereocenters. The van der Waals surface area contributed by atoms with Gasteiger partial charge in [0.05, 0.1) is 10.5 Å². The lowest BCUT2D eigenvalue weighted by atomic mass is 9.95. The number of hydrogen-bond acceptors (Lipinski definition) is 5. The van der Waals surface area contributed by atoms with Gasteiger partial charge in [-0.3, -0.25) is 14.4 Å². The summed E-state index contributed by atoms with van der Waals surface area (Å²) < 4.78 is 27.1. The summed E-state index contributed by atoms with van der Waals surface area (Å²) in [6.45, 7) is 4.26. The standard InChI is InChI=1S/C23H32N4O5S/c1-3-27(4-2)33(31,32)17-10-11-20-18(14-17)19(15-22(29)26-20)23(30)24-13-12-21(28)25-16-8-6-5-7-9-16/h10-11,14-16H,3-9,12-13H2,1-2H3,(H,24,30)(H,25,28)(H,26,29). The Labute approximate surface area is 194 Å². The Morgan fingerprint density at radius 2 is 1.79 bits per heavy atom. The van der Waals surface area contributed by atoms with E-state index in [0.717, 1.165) is 31.7 Å². The number of aromatic nitrogens is 1. The summed E-state index contributed by atoms with van der Waals surface area (Å²) in [6.07, 6.45) is 5.52. The van der Waals surface area contributed by atoms with Crippen LogP contribution in [0.3, 0.4) is 0 Å². The SMILES string of the molecule is CCN(CC)S(=O)(=O)c1ccc2[nH]c(=O)cc(C(=O)NCCC(=O)NC3CCCCC3)c2c1. The van der Waals surface area contributed by atoms with E-state index in [4.69, 9.17) is 0 Å². The molecule has 1 fully saturated rings. The number of carbonyl (C=O) groups is 2. The molecule has 1 aromatic carbocycles. The number of benzene rings is 1. The van der Waals surface area contributed by atoms with Crippen molar-refractivity contribution in [3.8, 4) is 0 Å². The van der Waals surface area contributed by atoms with Gasteiger partial charge in [-0.25, -0.2) is 8.42 Å². The minimum Gasteiger partial charge on any atom is -0.353 e. The van der Waals surface area contributed by atoms with Crippen LogP contribution in [-0.4, -0.2) is 55.2 Å². The van der Waals surface area contributed by atoms with Crippen LogP contribution in [0.1, 0.15) is 62.7 Å². The zero-order chi connectivity index (χ0) is 24.0. The molecule has 0 spiro atoms. The van der Waals surface area contributed by atoms with Crippen molar-refractivity contribution in [1.82, 2.24) is 19.9 Å². The van der Waals surface area contributed by atoms with Crippen molar-refractivity contribution < 1.29 is 18.0 Å². The fourth-order valence-electron chi connectivity index (χ4n) is 4.23. The summed E-state index contributed by atoms with van der Waals surface area (Å²) >= 11 is 0. The Balaban J connectivity index is 1.76. The first-order valence-electron chi connectivity index (χ1n) is 11.5. The molecule has 1 aromatic heterocycles. The summed E-state index contributed by atoms with van der Waals surface area (Å²) in [7, 11) is -3.73. The molecule has 180 valence electrons. The van der Waals surface area contributed by atoms with E-state index in [-0.39, 0.29) is 35.4 Å². The smallest absolute Gasteiger partial charge is 0.252 e. The van der Waals surface area contributed by atoms with Crippen molar-refractivity contribution in [3.05, 3.63) is 40.2 Å². The molecule has 1 aliphatic carbocycles. The molecule has 10 heteroatoms. The van der Waals surface area contributed by atoms with E-state index < -0.39 is 21.5 Å². The molecule has 33 heavy (non-hydrogen) atoms. The molecule has 3 N–H and O–H groups in total. The Morgan fingerprint density at radius 3 is 2.45 bits per heavy atom. The van der Waals surface area contributed by atoms with Crippen LogP contribution in [0.4, 0.5) is 0 Å². The lowest BCUT2D eigenvalue weighted by Crippen LogP contribution is -2.38. The summed E-state index contributed by atoms with van der Waals surface area (Å²) in [6, 6.07) is 5.66. The number of nitrogens with zero attached hydrogens (tertiary/aromatic N) is 1. The van der Waals surface area contributed by atoms with Crippen molar-refractivity contribution in [2.45, 2.75) is 63.3 Å². The first-order valence-corrected chi connectivity index (χ1v) is 12.9. The van der Waals surface area contributed by atoms with Crippen molar-refractivity contribution in [2.75, 3.05) is 19.6 Å². The number of pyridine rings is 1. The number of carbonyl (C=O) groups excluding carboxylic acids is 2. The lowest BCUT2D eigenvalue weighted by Gasteiger charge is -2.22. The van der Waals surface area contributed by atoms with Gasteiger partial charge in [0.15, 0.2) is 0 Å². The van der Waals surface area contributed by atoms with E-state index >= 15 is 0 Å². The predicted octanol–water partition coefficient (Wildman–Crippen LogP) is 2.13. The van der Waals surface area contributed by atoms with Gasteiger partial charge >= 0.3 is 0 Å². The van der Waals surface area contributed by atoms with E-state index in [9.17, 15) is 22.8 Å². The largest absolute Gasteiger partial charge is 0.353 e. The van der Waals surface area contributed by atoms with Gasteiger partial charge in [-0.2, -0.15) is 4.31 Å². The van der Waals surface area contributed by atoms with Gasteiger partial charge in [0.25, 0.3) is 5.91 Å². The fraction of sp³-hybridized carbons (Fsp3) is 0.522. The highest BCUT2D eigenvalue weighted by atomic mass is 32.2. The van der Waals surface area contributed by atoms with Crippen LogP contribution in [-0.2, 0) is 14.8 Å². The second kappa shape index (κ2) is 10.9. The molecule has 1 aliphatic rings. The first kappa shape index (κ1) is 24.9. The fourth-order valence-corrected chi connectivity index (χ4v) is 5.71. The molecule has 9 nitrogen and oxygen atoms in total. The van der Waals surface area contributed by atoms with Crippen LogP contribution in [0, 0.1) is 0 Å². The molecule has 0 aliphatic heterocycles. The number of sulfonamides is 1. The highest BCUT2D eigenvalue weighted by molar-refractivity contribution is 7.89. The van der Waals surface area contributed by atoms with Crippen LogP contribution in [0.2, 0.25) is 0 Å².